The van der Waals surface area contributed by atoms with Crippen LogP contribution in [0.1, 0.15) is 48.9 Å². The number of hydrogen-bond acceptors (Lipinski definition) is 2. The summed E-state index contributed by atoms with van der Waals surface area (Å²) in [4.78, 5) is 24.7. The molecule has 146 valence electrons. The van der Waals surface area contributed by atoms with Gasteiger partial charge in [-0.05, 0) is 68.4 Å². The molecule has 7 heteroatoms. The molecule has 1 aromatic rings. The summed E-state index contributed by atoms with van der Waals surface area (Å²) in [6.07, 6.45) is 6.62. The number of rotatable bonds is 5. The third-order valence-corrected chi connectivity index (χ3v) is 6.50. The Kier molecular flexibility index (Phi) is 4.64. The number of benzene rings is 1. The topological polar surface area (TPSA) is 58.2 Å². The van der Waals surface area contributed by atoms with Crippen molar-refractivity contribution < 1.29 is 22.8 Å². The summed E-state index contributed by atoms with van der Waals surface area (Å²) < 4.78 is 39.8. The van der Waals surface area contributed by atoms with Gasteiger partial charge in [0.1, 0.15) is 0 Å². The Bertz CT molecular complexity index is 745. The first-order valence-electron chi connectivity index (χ1n) is 9.58. The van der Waals surface area contributed by atoms with Gasteiger partial charge in [-0.1, -0.05) is 0 Å². The molecule has 0 unspecified atom stereocenters. The van der Waals surface area contributed by atoms with Gasteiger partial charge in [0.25, 0.3) is 5.91 Å². The molecule has 2 N–H and O–H groups in total. The molecule has 4 aliphatic rings. The fourth-order valence-corrected chi connectivity index (χ4v) is 5.72. The summed E-state index contributed by atoms with van der Waals surface area (Å²) in [5.41, 5.74) is -0.813. The second kappa shape index (κ2) is 6.84. The molecule has 0 aromatic heterocycles. The van der Waals surface area contributed by atoms with Crippen LogP contribution >= 0.6 is 0 Å². The van der Waals surface area contributed by atoms with Gasteiger partial charge in [0, 0.05) is 18.5 Å². The Labute approximate surface area is 155 Å². The van der Waals surface area contributed by atoms with Gasteiger partial charge < -0.3 is 10.6 Å². The predicted octanol–water partition coefficient (Wildman–Crippen LogP) is 3.17. The highest BCUT2D eigenvalue weighted by Gasteiger charge is 2.54. The fourth-order valence-electron chi connectivity index (χ4n) is 5.72. The Morgan fingerprint density at radius 3 is 2.04 bits per heavy atom. The molecule has 4 nitrogen and oxygen atoms in total. The van der Waals surface area contributed by atoms with Crippen molar-refractivity contribution in [3.8, 4) is 0 Å². The van der Waals surface area contributed by atoms with Crippen LogP contribution in [-0.2, 0) is 4.79 Å². The molecule has 2 amide bonds. The minimum absolute atomic E-state index is 0.0508. The van der Waals surface area contributed by atoms with E-state index in [1.807, 2.05) is 0 Å². The second-order valence-corrected chi connectivity index (χ2v) is 8.43. The predicted molar refractivity (Wildman–Crippen MR) is 92.3 cm³/mol. The number of amides is 2. The highest BCUT2D eigenvalue weighted by Crippen LogP contribution is 2.60. The van der Waals surface area contributed by atoms with Crippen molar-refractivity contribution in [3.63, 3.8) is 0 Å². The van der Waals surface area contributed by atoms with Crippen molar-refractivity contribution in [1.29, 1.82) is 0 Å². The van der Waals surface area contributed by atoms with Gasteiger partial charge in [-0.2, -0.15) is 0 Å². The van der Waals surface area contributed by atoms with Crippen LogP contribution in [0.15, 0.2) is 12.1 Å². The van der Waals surface area contributed by atoms with E-state index in [1.54, 1.807) is 0 Å². The van der Waals surface area contributed by atoms with Crippen molar-refractivity contribution in [2.75, 3.05) is 13.1 Å². The minimum atomic E-state index is -1.67. The Hall–Kier alpha value is -2.05. The number of nitrogens with one attached hydrogen (secondary N) is 2. The highest BCUT2D eigenvalue weighted by molar-refractivity contribution is 5.94. The molecule has 4 bridgehead atoms. The van der Waals surface area contributed by atoms with Gasteiger partial charge >= 0.3 is 0 Å². The maximum absolute atomic E-state index is 13.6. The number of carbonyl (C=O) groups excluding carboxylic acids is 2. The summed E-state index contributed by atoms with van der Waals surface area (Å²) in [7, 11) is 0. The lowest BCUT2D eigenvalue weighted by Crippen LogP contribution is -2.54. The molecular weight excluding hydrogens is 357 g/mol. The van der Waals surface area contributed by atoms with E-state index in [-0.39, 0.29) is 24.4 Å². The van der Waals surface area contributed by atoms with Crippen LogP contribution in [0.3, 0.4) is 0 Å². The molecule has 27 heavy (non-hydrogen) atoms. The largest absolute Gasteiger partial charge is 0.354 e. The summed E-state index contributed by atoms with van der Waals surface area (Å²) in [5.74, 6) is -3.31. The molecule has 0 radical (unpaired) electrons. The Morgan fingerprint density at radius 2 is 1.44 bits per heavy atom. The molecule has 0 atom stereocenters. The van der Waals surface area contributed by atoms with Crippen molar-refractivity contribution in [3.05, 3.63) is 35.1 Å². The molecule has 1 aromatic carbocycles. The Morgan fingerprint density at radius 1 is 0.889 bits per heavy atom. The molecule has 0 spiro atoms. The first-order chi connectivity index (χ1) is 12.9. The van der Waals surface area contributed by atoms with E-state index < -0.39 is 28.9 Å². The summed E-state index contributed by atoms with van der Waals surface area (Å²) in [6, 6.07) is 1.61. The van der Waals surface area contributed by atoms with Gasteiger partial charge in [-0.3, -0.25) is 9.59 Å². The van der Waals surface area contributed by atoms with Gasteiger partial charge in [0.2, 0.25) is 5.91 Å². The van der Waals surface area contributed by atoms with Crippen molar-refractivity contribution in [2.45, 2.75) is 38.5 Å². The normalized spacial score (nSPS) is 31.0. The van der Waals surface area contributed by atoms with Crippen LogP contribution in [0.4, 0.5) is 13.2 Å². The lowest BCUT2D eigenvalue weighted by atomic mass is 9.49. The number of halogens is 3. The number of hydrogen-bond donors (Lipinski definition) is 2. The maximum atomic E-state index is 13.6. The third-order valence-electron chi connectivity index (χ3n) is 6.50. The highest BCUT2D eigenvalue weighted by atomic mass is 19.2. The lowest BCUT2D eigenvalue weighted by Gasteiger charge is -2.55. The van der Waals surface area contributed by atoms with E-state index in [9.17, 15) is 22.8 Å². The van der Waals surface area contributed by atoms with Crippen LogP contribution in [-0.4, -0.2) is 24.9 Å². The minimum Gasteiger partial charge on any atom is -0.354 e. The van der Waals surface area contributed by atoms with Gasteiger partial charge in [-0.25, -0.2) is 13.2 Å². The average molecular weight is 380 g/mol. The van der Waals surface area contributed by atoms with E-state index in [2.05, 4.69) is 10.6 Å². The molecule has 0 heterocycles. The zero-order valence-corrected chi connectivity index (χ0v) is 15.0. The SMILES string of the molecule is O=C(NCCNC(=O)C12CC3CC(CC(C3)C1)C2)c1ccc(F)c(F)c1F. The smallest absolute Gasteiger partial charge is 0.254 e. The molecule has 0 saturated heterocycles. The summed E-state index contributed by atoms with van der Waals surface area (Å²) >= 11 is 0. The molecule has 4 aliphatic carbocycles. The molecule has 5 rings (SSSR count). The summed E-state index contributed by atoms with van der Waals surface area (Å²) in [6.45, 7) is 0.312. The average Bonchev–Trinajstić information content (AvgIpc) is 2.62. The van der Waals surface area contributed by atoms with Crippen molar-refractivity contribution in [2.24, 2.45) is 23.2 Å². The molecule has 4 saturated carbocycles. The van der Waals surface area contributed by atoms with Crippen molar-refractivity contribution >= 4 is 11.8 Å². The standard InChI is InChI=1S/C20H23F3N2O2/c21-15-2-1-14(16(22)17(15)23)18(26)24-3-4-25-19(27)20-8-11-5-12(9-20)7-13(6-11)10-20/h1-2,11-13H,3-10H2,(H,24,26)(H,25,27). The summed E-state index contributed by atoms with van der Waals surface area (Å²) in [5, 5.41) is 5.33. The van der Waals surface area contributed by atoms with Crippen LogP contribution in [0.2, 0.25) is 0 Å². The van der Waals surface area contributed by atoms with Crippen LogP contribution in [0.5, 0.6) is 0 Å². The van der Waals surface area contributed by atoms with Crippen LogP contribution in [0.25, 0.3) is 0 Å². The van der Waals surface area contributed by atoms with E-state index in [1.165, 1.54) is 19.3 Å². The van der Waals surface area contributed by atoms with E-state index >= 15 is 0 Å². The van der Waals surface area contributed by atoms with E-state index in [0.717, 1.165) is 25.3 Å². The van der Waals surface area contributed by atoms with Crippen LogP contribution in [0, 0.1) is 40.6 Å². The zero-order chi connectivity index (χ0) is 19.2. The van der Waals surface area contributed by atoms with Crippen molar-refractivity contribution in [1.82, 2.24) is 10.6 Å². The molecular formula is C20H23F3N2O2. The quantitative estimate of drug-likeness (QED) is 0.609. The lowest BCUT2D eigenvalue weighted by molar-refractivity contribution is -0.146. The van der Waals surface area contributed by atoms with Gasteiger partial charge in [-0.15, -0.1) is 0 Å². The maximum Gasteiger partial charge on any atom is 0.254 e. The van der Waals surface area contributed by atoms with Gasteiger partial charge in [0.05, 0.1) is 5.56 Å². The first kappa shape index (κ1) is 18.3. The molecule has 0 aliphatic heterocycles. The monoisotopic (exact) mass is 380 g/mol. The molecule has 4 fully saturated rings. The second-order valence-electron chi connectivity index (χ2n) is 8.43. The Balaban J connectivity index is 1.29. The third kappa shape index (κ3) is 3.32. The van der Waals surface area contributed by atoms with Gasteiger partial charge in [0.15, 0.2) is 17.5 Å². The zero-order valence-electron chi connectivity index (χ0n) is 15.0. The van der Waals surface area contributed by atoms with Crippen LogP contribution < -0.4 is 10.6 Å². The number of carbonyl (C=O) groups is 2. The fraction of sp³-hybridized carbons (Fsp3) is 0.600. The van der Waals surface area contributed by atoms with E-state index in [4.69, 9.17) is 0 Å². The van der Waals surface area contributed by atoms with E-state index in [0.29, 0.717) is 23.8 Å². The first-order valence-corrected chi connectivity index (χ1v) is 9.58.